The zero-order chi connectivity index (χ0) is 27.9. The maximum atomic E-state index is 13.5. The standard InChI is InChI=1S/C29H32F6N2O2/c1-18(38)37(15-20-9-23(28(30,31)32)13-24(10-20)29(33,34)35)26-7-4-8-36(14-19-5-2-3-6-19)27-12-22-17-39-16-21(22)11-25(26)27/h9-13,19,26H,2-8,14-17H2,1H3/t26-/m0/s1. The van der Waals surface area contributed by atoms with Gasteiger partial charge in [-0.15, -0.1) is 0 Å². The molecule has 2 aromatic rings. The molecule has 0 bridgehead atoms. The summed E-state index contributed by atoms with van der Waals surface area (Å²) in [6.45, 7) is 3.54. The topological polar surface area (TPSA) is 32.8 Å². The highest BCUT2D eigenvalue weighted by Crippen LogP contribution is 2.43. The number of anilines is 1. The van der Waals surface area contributed by atoms with Crippen LogP contribution in [0.3, 0.4) is 0 Å². The van der Waals surface area contributed by atoms with E-state index in [2.05, 4.69) is 11.0 Å². The number of hydrogen-bond acceptors (Lipinski definition) is 3. The van der Waals surface area contributed by atoms with Gasteiger partial charge in [0.2, 0.25) is 5.91 Å². The third-order valence-electron chi connectivity index (χ3n) is 8.20. The van der Waals surface area contributed by atoms with Gasteiger partial charge >= 0.3 is 12.4 Å². The molecule has 0 N–H and O–H groups in total. The predicted molar refractivity (Wildman–Crippen MR) is 134 cm³/mol. The molecule has 1 aliphatic carbocycles. The number of ether oxygens (including phenoxy) is 1. The molecule has 3 aliphatic rings. The molecule has 1 atom stereocenters. The lowest BCUT2D eigenvalue weighted by molar-refractivity contribution is -0.143. The van der Waals surface area contributed by atoms with E-state index < -0.39 is 35.4 Å². The van der Waals surface area contributed by atoms with E-state index in [0.717, 1.165) is 41.9 Å². The van der Waals surface area contributed by atoms with Crippen LogP contribution in [0.5, 0.6) is 0 Å². The van der Waals surface area contributed by atoms with E-state index in [4.69, 9.17) is 4.74 Å². The minimum absolute atomic E-state index is 0.118. The molecule has 0 unspecified atom stereocenters. The largest absolute Gasteiger partial charge is 0.416 e. The van der Waals surface area contributed by atoms with E-state index in [-0.39, 0.29) is 18.2 Å². The molecule has 0 saturated heterocycles. The van der Waals surface area contributed by atoms with Crippen LogP contribution in [0.4, 0.5) is 32.0 Å². The SMILES string of the molecule is CC(=O)N(Cc1cc(C(F)(F)F)cc(C(F)(F)F)c1)[C@H]1CCCN(CC2CCCC2)c2cc3c(cc21)COC3. The Morgan fingerprint density at radius 1 is 0.897 bits per heavy atom. The summed E-state index contributed by atoms with van der Waals surface area (Å²) in [5, 5.41) is 0. The monoisotopic (exact) mass is 554 g/mol. The van der Waals surface area contributed by atoms with Crippen molar-refractivity contribution in [3.63, 3.8) is 0 Å². The van der Waals surface area contributed by atoms with Crippen LogP contribution >= 0.6 is 0 Å². The van der Waals surface area contributed by atoms with Gasteiger partial charge in [-0.25, -0.2) is 0 Å². The first-order valence-electron chi connectivity index (χ1n) is 13.4. The molecule has 1 amide bonds. The number of nitrogens with zero attached hydrogens (tertiary/aromatic N) is 2. The van der Waals surface area contributed by atoms with E-state index in [1.165, 1.54) is 37.5 Å². The Bertz CT molecular complexity index is 1190. The number of hydrogen-bond donors (Lipinski definition) is 0. The molecular formula is C29H32F6N2O2. The van der Waals surface area contributed by atoms with Gasteiger partial charge in [0.25, 0.3) is 0 Å². The van der Waals surface area contributed by atoms with Crippen molar-refractivity contribution in [1.29, 1.82) is 0 Å². The fourth-order valence-corrected chi connectivity index (χ4v) is 6.29. The zero-order valence-electron chi connectivity index (χ0n) is 21.8. The second-order valence-corrected chi connectivity index (χ2v) is 11.0. The second-order valence-electron chi connectivity index (χ2n) is 11.0. The minimum atomic E-state index is -4.95. The molecule has 1 fully saturated rings. The third kappa shape index (κ3) is 6.05. The van der Waals surface area contributed by atoms with Crippen LogP contribution in [0.25, 0.3) is 0 Å². The lowest BCUT2D eigenvalue weighted by Crippen LogP contribution is -2.33. The summed E-state index contributed by atoms with van der Waals surface area (Å²) in [6.07, 6.45) is -3.85. The van der Waals surface area contributed by atoms with Crippen molar-refractivity contribution in [2.45, 2.75) is 83.6 Å². The second kappa shape index (κ2) is 10.7. The summed E-state index contributed by atoms with van der Waals surface area (Å²) in [6, 6.07) is 5.19. The first-order chi connectivity index (χ1) is 18.4. The van der Waals surface area contributed by atoms with Gasteiger partial charge in [-0.1, -0.05) is 12.8 Å². The lowest BCUT2D eigenvalue weighted by Gasteiger charge is -2.34. The van der Waals surface area contributed by atoms with E-state index >= 15 is 0 Å². The molecule has 212 valence electrons. The number of alkyl halides is 6. The highest BCUT2D eigenvalue weighted by atomic mass is 19.4. The average molecular weight is 555 g/mol. The highest BCUT2D eigenvalue weighted by Gasteiger charge is 2.38. The van der Waals surface area contributed by atoms with Crippen LogP contribution in [0.2, 0.25) is 0 Å². The third-order valence-corrected chi connectivity index (χ3v) is 8.20. The Kier molecular flexibility index (Phi) is 7.61. The number of halogens is 6. The average Bonchev–Trinajstić information content (AvgIpc) is 3.51. The number of carbonyl (C=O) groups excluding carboxylic acids is 1. The zero-order valence-corrected chi connectivity index (χ0v) is 21.8. The quantitative estimate of drug-likeness (QED) is 0.356. The van der Waals surface area contributed by atoms with E-state index in [9.17, 15) is 31.1 Å². The number of fused-ring (bicyclic) bond motifs is 2. The molecule has 5 rings (SSSR count). The molecule has 1 saturated carbocycles. The Morgan fingerprint density at radius 3 is 2.10 bits per heavy atom. The Morgan fingerprint density at radius 2 is 1.51 bits per heavy atom. The minimum Gasteiger partial charge on any atom is -0.372 e. The highest BCUT2D eigenvalue weighted by molar-refractivity contribution is 5.75. The van der Waals surface area contributed by atoms with Gasteiger partial charge in [-0.05, 0) is 84.2 Å². The van der Waals surface area contributed by atoms with Crippen molar-refractivity contribution in [2.24, 2.45) is 5.92 Å². The Hall–Kier alpha value is -2.75. The lowest BCUT2D eigenvalue weighted by atomic mass is 9.94. The van der Waals surface area contributed by atoms with Crippen molar-refractivity contribution in [3.8, 4) is 0 Å². The summed E-state index contributed by atoms with van der Waals surface area (Å²) in [4.78, 5) is 16.8. The Balaban J connectivity index is 1.54. The molecule has 2 heterocycles. The van der Waals surface area contributed by atoms with Crippen LogP contribution in [0, 0.1) is 5.92 Å². The van der Waals surface area contributed by atoms with E-state index in [1.54, 1.807) is 0 Å². The Labute approximate surface area is 223 Å². The van der Waals surface area contributed by atoms with Gasteiger partial charge < -0.3 is 14.5 Å². The van der Waals surface area contributed by atoms with Gasteiger partial charge in [0, 0.05) is 32.2 Å². The van der Waals surface area contributed by atoms with Gasteiger partial charge in [-0.3, -0.25) is 4.79 Å². The summed E-state index contributed by atoms with van der Waals surface area (Å²) >= 11 is 0. The molecule has 4 nitrogen and oxygen atoms in total. The molecule has 10 heteroatoms. The van der Waals surface area contributed by atoms with Gasteiger partial charge in [0.05, 0.1) is 30.4 Å². The molecule has 0 aromatic heterocycles. The first kappa shape index (κ1) is 27.8. The predicted octanol–water partition coefficient (Wildman–Crippen LogP) is 7.63. The molecule has 0 spiro atoms. The molecule has 2 aliphatic heterocycles. The van der Waals surface area contributed by atoms with Crippen LogP contribution < -0.4 is 4.90 Å². The van der Waals surface area contributed by atoms with Crippen molar-refractivity contribution in [2.75, 3.05) is 18.0 Å². The van der Waals surface area contributed by atoms with Gasteiger partial charge in [0.1, 0.15) is 0 Å². The fraction of sp³-hybridized carbons (Fsp3) is 0.552. The normalized spacial score (nSPS) is 20.1. The molecule has 39 heavy (non-hydrogen) atoms. The number of amides is 1. The number of rotatable bonds is 5. The maximum Gasteiger partial charge on any atom is 0.416 e. The summed E-state index contributed by atoms with van der Waals surface area (Å²) in [7, 11) is 0. The van der Waals surface area contributed by atoms with Crippen LogP contribution in [-0.2, 0) is 41.6 Å². The smallest absolute Gasteiger partial charge is 0.372 e. The summed E-state index contributed by atoms with van der Waals surface area (Å²) < 4.78 is 86.7. The molecular weight excluding hydrogens is 522 g/mol. The van der Waals surface area contributed by atoms with Crippen molar-refractivity contribution < 1.29 is 35.9 Å². The van der Waals surface area contributed by atoms with Gasteiger partial charge in [0.15, 0.2) is 0 Å². The summed E-state index contributed by atoms with van der Waals surface area (Å²) in [5.74, 6) is 0.173. The van der Waals surface area contributed by atoms with Crippen molar-refractivity contribution >= 4 is 11.6 Å². The van der Waals surface area contributed by atoms with E-state index in [0.29, 0.717) is 37.7 Å². The number of benzene rings is 2. The van der Waals surface area contributed by atoms with Gasteiger partial charge in [-0.2, -0.15) is 26.3 Å². The summed E-state index contributed by atoms with van der Waals surface area (Å²) in [5.41, 5.74) is 0.985. The van der Waals surface area contributed by atoms with E-state index in [1.807, 2.05) is 6.07 Å². The van der Waals surface area contributed by atoms with Crippen LogP contribution in [0.1, 0.15) is 84.9 Å². The first-order valence-corrected chi connectivity index (χ1v) is 13.4. The molecule has 0 radical (unpaired) electrons. The van der Waals surface area contributed by atoms with Crippen molar-refractivity contribution in [3.05, 3.63) is 63.7 Å². The van der Waals surface area contributed by atoms with Crippen LogP contribution in [-0.4, -0.2) is 23.9 Å². The fourth-order valence-electron chi connectivity index (χ4n) is 6.29. The maximum absolute atomic E-state index is 13.5. The molecule has 2 aromatic carbocycles. The van der Waals surface area contributed by atoms with Crippen molar-refractivity contribution in [1.82, 2.24) is 4.90 Å². The van der Waals surface area contributed by atoms with Crippen LogP contribution in [0.15, 0.2) is 30.3 Å². The number of carbonyl (C=O) groups is 1.